The average Bonchev–Trinajstić information content (AvgIpc) is 3.41. The van der Waals surface area contributed by atoms with Crippen LogP contribution in [0.2, 0.25) is 0 Å². The SMILES string of the molecule is Nc1ncnc2c1ncn2[C@@H]1O[C@H](COP(=O)(O)O)[C@H](OC(=O)[C@@H]2CCCN2)[C@@H]1O. The highest BCUT2D eigenvalue weighted by atomic mass is 31.2. The van der Waals surface area contributed by atoms with E-state index in [0.29, 0.717) is 13.0 Å². The highest BCUT2D eigenvalue weighted by Crippen LogP contribution is 2.39. The van der Waals surface area contributed by atoms with E-state index < -0.39 is 51.0 Å². The van der Waals surface area contributed by atoms with Crippen LogP contribution in [-0.4, -0.2) is 77.9 Å². The molecule has 6 N–H and O–H groups in total. The predicted octanol–water partition coefficient (Wildman–Crippen LogP) is -1.56. The molecule has 5 atom stereocenters. The van der Waals surface area contributed by atoms with Gasteiger partial charge in [-0.05, 0) is 19.4 Å². The zero-order chi connectivity index (χ0) is 21.5. The third kappa shape index (κ3) is 4.16. The molecule has 2 aromatic heterocycles. The highest BCUT2D eigenvalue weighted by molar-refractivity contribution is 7.46. The molecule has 2 aliphatic rings. The molecule has 0 aromatic carbocycles. The number of aliphatic hydroxyl groups is 1. The monoisotopic (exact) mass is 444 g/mol. The van der Waals surface area contributed by atoms with E-state index in [-0.39, 0.29) is 17.0 Å². The number of hydrogen-bond donors (Lipinski definition) is 5. The molecule has 0 aliphatic carbocycles. The van der Waals surface area contributed by atoms with Gasteiger partial charge >= 0.3 is 13.8 Å². The molecule has 0 saturated carbocycles. The summed E-state index contributed by atoms with van der Waals surface area (Å²) in [6.07, 6.45) is -0.982. The second-order valence-electron chi connectivity index (χ2n) is 6.98. The lowest BCUT2D eigenvalue weighted by Crippen LogP contribution is -2.42. The molecular formula is C15H21N6O8P. The van der Waals surface area contributed by atoms with Crippen LogP contribution in [0.15, 0.2) is 12.7 Å². The molecule has 2 aliphatic heterocycles. The number of hydrogen-bond acceptors (Lipinski definition) is 11. The molecule has 0 bridgehead atoms. The molecule has 15 heteroatoms. The van der Waals surface area contributed by atoms with Crippen molar-refractivity contribution in [3.05, 3.63) is 12.7 Å². The zero-order valence-corrected chi connectivity index (χ0v) is 16.5. The van der Waals surface area contributed by atoms with Crippen LogP contribution in [0, 0.1) is 0 Å². The number of carbonyl (C=O) groups excluding carboxylic acids is 1. The van der Waals surface area contributed by atoms with Crippen molar-refractivity contribution >= 4 is 30.8 Å². The molecule has 0 amide bonds. The summed E-state index contributed by atoms with van der Waals surface area (Å²) in [4.78, 5) is 42.5. The van der Waals surface area contributed by atoms with Crippen molar-refractivity contribution < 1.29 is 38.3 Å². The number of nitrogens with one attached hydrogen (secondary N) is 1. The fourth-order valence-electron chi connectivity index (χ4n) is 3.56. The molecule has 164 valence electrons. The number of imidazole rings is 1. The summed E-state index contributed by atoms with van der Waals surface area (Å²) in [5.74, 6) is -0.466. The van der Waals surface area contributed by atoms with Crippen molar-refractivity contribution in [2.75, 3.05) is 18.9 Å². The number of esters is 1. The number of aliphatic hydroxyl groups excluding tert-OH is 1. The molecule has 30 heavy (non-hydrogen) atoms. The van der Waals surface area contributed by atoms with Crippen LogP contribution in [0.25, 0.3) is 11.2 Å². The first-order valence-electron chi connectivity index (χ1n) is 9.15. The lowest BCUT2D eigenvalue weighted by Gasteiger charge is -2.22. The summed E-state index contributed by atoms with van der Waals surface area (Å²) in [6.45, 7) is 0.0522. The van der Waals surface area contributed by atoms with Crippen LogP contribution < -0.4 is 11.1 Å². The Bertz CT molecular complexity index is 975. The van der Waals surface area contributed by atoms with Crippen LogP contribution in [0.4, 0.5) is 5.82 Å². The number of nitrogens with zero attached hydrogens (tertiary/aromatic N) is 4. The van der Waals surface area contributed by atoms with Crippen molar-refractivity contribution in [3.63, 3.8) is 0 Å². The van der Waals surface area contributed by atoms with Gasteiger partial charge in [0.25, 0.3) is 0 Å². The Hall–Kier alpha value is -2.19. The molecule has 4 rings (SSSR count). The zero-order valence-electron chi connectivity index (χ0n) is 15.6. The van der Waals surface area contributed by atoms with Crippen LogP contribution in [-0.2, 0) is 23.4 Å². The number of anilines is 1. The number of ether oxygens (including phenoxy) is 2. The second kappa shape index (κ2) is 8.15. The number of fused-ring (bicyclic) bond motifs is 1. The summed E-state index contributed by atoms with van der Waals surface area (Å²) < 4.78 is 28.2. The van der Waals surface area contributed by atoms with Gasteiger partial charge in [0, 0.05) is 0 Å². The smallest absolute Gasteiger partial charge is 0.455 e. The first kappa shape index (κ1) is 21.1. The summed E-state index contributed by atoms with van der Waals surface area (Å²) >= 11 is 0. The van der Waals surface area contributed by atoms with Crippen molar-refractivity contribution in [1.82, 2.24) is 24.8 Å². The standard InChI is InChI=1S/C15H21N6O8P/c16-12-9-13(19-5-18-12)21(6-20-9)14-10(22)11(8(28-14)4-27-30(24,25)26)29-15(23)7-2-1-3-17-7/h5-8,10-11,14,17,22H,1-4H2,(H2,16,18,19)(H2,24,25,26)/t7-,8+,10-,11-,14+/m0/s1. The van der Waals surface area contributed by atoms with Gasteiger partial charge in [-0.2, -0.15) is 0 Å². The van der Waals surface area contributed by atoms with E-state index in [0.717, 1.165) is 6.42 Å². The molecule has 2 saturated heterocycles. The molecule has 0 spiro atoms. The first-order chi connectivity index (χ1) is 14.2. The van der Waals surface area contributed by atoms with Gasteiger partial charge in [0.05, 0.1) is 12.9 Å². The van der Waals surface area contributed by atoms with Crippen LogP contribution in [0.1, 0.15) is 19.1 Å². The van der Waals surface area contributed by atoms with Gasteiger partial charge in [-0.25, -0.2) is 19.5 Å². The van der Waals surface area contributed by atoms with Crippen molar-refractivity contribution in [1.29, 1.82) is 0 Å². The number of phosphoric acid groups is 1. The number of carbonyl (C=O) groups is 1. The van der Waals surface area contributed by atoms with Crippen LogP contribution >= 0.6 is 7.82 Å². The summed E-state index contributed by atoms with van der Waals surface area (Å²) in [6, 6.07) is -0.527. The minimum absolute atomic E-state index is 0.128. The van der Waals surface area contributed by atoms with E-state index in [1.165, 1.54) is 17.2 Å². The Morgan fingerprint density at radius 2 is 2.20 bits per heavy atom. The van der Waals surface area contributed by atoms with Gasteiger partial charge in [-0.15, -0.1) is 0 Å². The summed E-state index contributed by atoms with van der Waals surface area (Å²) in [5.41, 5.74) is 6.33. The van der Waals surface area contributed by atoms with Crippen LogP contribution in [0.3, 0.4) is 0 Å². The van der Waals surface area contributed by atoms with E-state index in [9.17, 15) is 14.5 Å². The van der Waals surface area contributed by atoms with E-state index in [4.69, 9.17) is 25.0 Å². The lowest BCUT2D eigenvalue weighted by atomic mass is 10.1. The topological polar surface area (TPSA) is 204 Å². The minimum atomic E-state index is -4.82. The van der Waals surface area contributed by atoms with Gasteiger partial charge in [0.15, 0.2) is 23.8 Å². The summed E-state index contributed by atoms with van der Waals surface area (Å²) in [5, 5.41) is 13.8. The number of nitrogen functional groups attached to an aromatic ring is 1. The first-order valence-corrected chi connectivity index (χ1v) is 10.7. The predicted molar refractivity (Wildman–Crippen MR) is 98.6 cm³/mol. The lowest BCUT2D eigenvalue weighted by molar-refractivity contribution is -0.158. The van der Waals surface area contributed by atoms with Gasteiger partial charge in [-0.3, -0.25) is 13.9 Å². The third-order valence-corrected chi connectivity index (χ3v) is 5.46. The Labute approximate surface area is 169 Å². The van der Waals surface area contributed by atoms with Crippen LogP contribution in [0.5, 0.6) is 0 Å². The van der Waals surface area contributed by atoms with Gasteiger partial charge in [-0.1, -0.05) is 0 Å². The van der Waals surface area contributed by atoms with E-state index in [1.54, 1.807) is 0 Å². The Morgan fingerprint density at radius 1 is 1.40 bits per heavy atom. The highest BCUT2D eigenvalue weighted by Gasteiger charge is 2.49. The molecule has 0 unspecified atom stereocenters. The molecular weight excluding hydrogens is 423 g/mol. The number of nitrogens with two attached hydrogens (primary N) is 1. The number of rotatable bonds is 6. The number of phosphoric ester groups is 1. The van der Waals surface area contributed by atoms with Crippen molar-refractivity contribution in [2.45, 2.75) is 43.4 Å². The Morgan fingerprint density at radius 3 is 2.90 bits per heavy atom. The van der Waals surface area contributed by atoms with E-state index in [1.807, 2.05) is 0 Å². The Balaban J connectivity index is 1.59. The Kier molecular flexibility index (Phi) is 5.72. The van der Waals surface area contributed by atoms with Crippen molar-refractivity contribution in [3.8, 4) is 0 Å². The second-order valence-corrected chi connectivity index (χ2v) is 8.21. The quantitative estimate of drug-likeness (QED) is 0.253. The maximum absolute atomic E-state index is 12.4. The third-order valence-electron chi connectivity index (χ3n) is 4.97. The average molecular weight is 444 g/mol. The minimum Gasteiger partial charge on any atom is -0.455 e. The van der Waals surface area contributed by atoms with E-state index in [2.05, 4.69) is 24.8 Å². The molecule has 0 radical (unpaired) electrons. The maximum Gasteiger partial charge on any atom is 0.469 e. The van der Waals surface area contributed by atoms with Crippen molar-refractivity contribution in [2.24, 2.45) is 0 Å². The molecule has 4 heterocycles. The summed E-state index contributed by atoms with van der Waals surface area (Å²) in [7, 11) is -4.82. The van der Waals surface area contributed by atoms with Gasteiger partial charge in [0.2, 0.25) is 0 Å². The van der Waals surface area contributed by atoms with Gasteiger partial charge < -0.3 is 35.4 Å². The van der Waals surface area contributed by atoms with Gasteiger partial charge in [0.1, 0.15) is 30.1 Å². The molecule has 2 aromatic rings. The van der Waals surface area contributed by atoms with E-state index >= 15 is 0 Å². The fourth-order valence-corrected chi connectivity index (χ4v) is 3.90. The maximum atomic E-state index is 12.4. The normalized spacial score (nSPS) is 29.5. The molecule has 2 fully saturated rings. The molecule has 14 nitrogen and oxygen atoms in total. The number of aromatic nitrogens is 4. The largest absolute Gasteiger partial charge is 0.469 e. The fraction of sp³-hybridized carbons (Fsp3) is 0.600.